The molecule has 0 saturated carbocycles. The lowest BCUT2D eigenvalue weighted by Crippen LogP contribution is -2.47. The Morgan fingerprint density at radius 1 is 1.56 bits per heavy atom. The van der Waals surface area contributed by atoms with E-state index in [9.17, 15) is 4.79 Å². The number of nitrogens with zero attached hydrogens (tertiary/aromatic N) is 1. The molecule has 0 spiro atoms. The monoisotopic (exact) mass is 250 g/mol. The lowest BCUT2D eigenvalue weighted by atomic mass is 10.1. The van der Waals surface area contributed by atoms with Crippen molar-refractivity contribution in [3.05, 3.63) is 24.3 Å². The van der Waals surface area contributed by atoms with E-state index in [-0.39, 0.29) is 5.91 Å². The van der Waals surface area contributed by atoms with Crippen molar-refractivity contribution < 1.29 is 14.3 Å². The number of rotatable bonds is 4. The number of carbonyl (C=O) groups excluding carboxylic acids is 1. The Bertz CT molecular complexity index is 422. The van der Waals surface area contributed by atoms with E-state index in [1.54, 1.807) is 12.0 Å². The Morgan fingerprint density at radius 2 is 2.33 bits per heavy atom. The first-order valence-electron chi connectivity index (χ1n) is 6.01. The normalized spacial score (nSPS) is 15.8. The fraction of sp³-hybridized carbons (Fsp3) is 0.462. The van der Waals surface area contributed by atoms with Gasteiger partial charge in [0.15, 0.2) is 0 Å². The predicted molar refractivity (Wildman–Crippen MR) is 68.8 cm³/mol. The maximum Gasteiger partial charge on any atom is 0.244 e. The summed E-state index contributed by atoms with van der Waals surface area (Å²) in [5.41, 5.74) is 6.67. The van der Waals surface area contributed by atoms with Gasteiger partial charge in [0.2, 0.25) is 5.91 Å². The Kier molecular flexibility index (Phi) is 4.17. The number of fused-ring (bicyclic) bond motifs is 1. The molecule has 2 rings (SSSR count). The van der Waals surface area contributed by atoms with E-state index in [1.165, 1.54) is 0 Å². The van der Waals surface area contributed by atoms with E-state index in [0.717, 1.165) is 11.4 Å². The van der Waals surface area contributed by atoms with Gasteiger partial charge >= 0.3 is 0 Å². The maximum atomic E-state index is 12.3. The summed E-state index contributed by atoms with van der Waals surface area (Å²) in [7, 11) is 1.60. The zero-order chi connectivity index (χ0) is 13.0. The summed E-state index contributed by atoms with van der Waals surface area (Å²) >= 11 is 0. The third-order valence-corrected chi connectivity index (χ3v) is 2.94. The van der Waals surface area contributed by atoms with Crippen LogP contribution in [0.25, 0.3) is 0 Å². The average molecular weight is 250 g/mol. The standard InChI is InChI=1S/C13H18N2O3/c1-17-8-6-10(14)13(16)15-7-9-18-12-5-3-2-4-11(12)15/h2-5,10H,6-9,14H2,1H3. The minimum absolute atomic E-state index is 0.0807. The van der Waals surface area contributed by atoms with Crippen LogP contribution in [0.1, 0.15) is 6.42 Å². The van der Waals surface area contributed by atoms with Gasteiger partial charge in [0.25, 0.3) is 0 Å². The number of hydrogen-bond acceptors (Lipinski definition) is 4. The van der Waals surface area contributed by atoms with Crippen molar-refractivity contribution in [2.75, 3.05) is 31.8 Å². The van der Waals surface area contributed by atoms with E-state index >= 15 is 0 Å². The SMILES string of the molecule is COCCC(N)C(=O)N1CCOc2ccccc21. The van der Waals surface area contributed by atoms with E-state index in [4.69, 9.17) is 15.2 Å². The number of amides is 1. The summed E-state index contributed by atoms with van der Waals surface area (Å²) in [6.07, 6.45) is 0.523. The van der Waals surface area contributed by atoms with Gasteiger partial charge in [-0.3, -0.25) is 4.79 Å². The van der Waals surface area contributed by atoms with Gasteiger partial charge in [-0.25, -0.2) is 0 Å². The zero-order valence-electron chi connectivity index (χ0n) is 10.5. The van der Waals surface area contributed by atoms with Crippen LogP contribution in [-0.4, -0.2) is 38.8 Å². The van der Waals surface area contributed by atoms with Crippen LogP contribution in [0, 0.1) is 0 Å². The molecule has 2 N–H and O–H groups in total. The van der Waals surface area contributed by atoms with Crippen molar-refractivity contribution in [2.45, 2.75) is 12.5 Å². The Balaban J connectivity index is 2.12. The largest absolute Gasteiger partial charge is 0.490 e. The van der Waals surface area contributed by atoms with Crippen molar-refractivity contribution >= 4 is 11.6 Å². The van der Waals surface area contributed by atoms with Crippen LogP contribution >= 0.6 is 0 Å². The van der Waals surface area contributed by atoms with Gasteiger partial charge in [0.1, 0.15) is 12.4 Å². The fourth-order valence-corrected chi connectivity index (χ4v) is 1.97. The first-order chi connectivity index (χ1) is 8.74. The van der Waals surface area contributed by atoms with Gasteiger partial charge in [0, 0.05) is 13.7 Å². The quantitative estimate of drug-likeness (QED) is 0.857. The number of benzene rings is 1. The molecular formula is C13H18N2O3. The van der Waals surface area contributed by atoms with Crippen LogP contribution in [0.15, 0.2) is 24.3 Å². The van der Waals surface area contributed by atoms with Gasteiger partial charge in [-0.1, -0.05) is 12.1 Å². The van der Waals surface area contributed by atoms with Crippen LogP contribution in [0.2, 0.25) is 0 Å². The maximum absolute atomic E-state index is 12.3. The molecule has 1 aliphatic heterocycles. The minimum atomic E-state index is -0.531. The molecule has 0 saturated heterocycles. The molecule has 1 heterocycles. The first kappa shape index (κ1) is 12.9. The topological polar surface area (TPSA) is 64.8 Å². The molecule has 1 atom stereocenters. The smallest absolute Gasteiger partial charge is 0.244 e. The van der Waals surface area contributed by atoms with Gasteiger partial charge < -0.3 is 20.1 Å². The van der Waals surface area contributed by atoms with E-state index in [2.05, 4.69) is 0 Å². The summed E-state index contributed by atoms with van der Waals surface area (Å²) in [6, 6.07) is 6.97. The highest BCUT2D eigenvalue weighted by Crippen LogP contribution is 2.31. The summed E-state index contributed by atoms with van der Waals surface area (Å²) < 4.78 is 10.4. The summed E-state index contributed by atoms with van der Waals surface area (Å²) in [4.78, 5) is 14.0. The molecule has 0 radical (unpaired) electrons. The van der Waals surface area contributed by atoms with Gasteiger partial charge in [0.05, 0.1) is 18.3 Å². The lowest BCUT2D eigenvalue weighted by molar-refractivity contribution is -0.120. The number of para-hydroxylation sites is 2. The van der Waals surface area contributed by atoms with Gasteiger partial charge in [-0.05, 0) is 18.6 Å². The van der Waals surface area contributed by atoms with E-state index in [1.807, 2.05) is 24.3 Å². The highest BCUT2D eigenvalue weighted by atomic mass is 16.5. The number of hydrogen-bond donors (Lipinski definition) is 1. The van der Waals surface area contributed by atoms with Crippen LogP contribution in [0.5, 0.6) is 5.75 Å². The molecule has 0 aromatic heterocycles. The number of anilines is 1. The van der Waals surface area contributed by atoms with Crippen molar-refractivity contribution in [3.63, 3.8) is 0 Å². The molecule has 1 aromatic carbocycles. The third-order valence-electron chi connectivity index (χ3n) is 2.94. The molecule has 5 heteroatoms. The Labute approximate surface area is 106 Å². The molecule has 0 bridgehead atoms. The molecule has 1 aromatic rings. The summed E-state index contributed by atoms with van der Waals surface area (Å²) in [6.45, 7) is 1.52. The third kappa shape index (κ3) is 2.63. The molecule has 98 valence electrons. The molecular weight excluding hydrogens is 232 g/mol. The number of methoxy groups -OCH3 is 1. The Hall–Kier alpha value is -1.59. The predicted octanol–water partition coefficient (Wildman–Crippen LogP) is 0.776. The average Bonchev–Trinajstić information content (AvgIpc) is 2.43. The van der Waals surface area contributed by atoms with Crippen molar-refractivity contribution in [1.82, 2.24) is 0 Å². The second kappa shape index (κ2) is 5.84. The molecule has 0 fully saturated rings. The van der Waals surface area contributed by atoms with Crippen LogP contribution < -0.4 is 15.4 Å². The van der Waals surface area contributed by atoms with Crippen LogP contribution in [-0.2, 0) is 9.53 Å². The number of ether oxygens (including phenoxy) is 2. The second-order valence-corrected chi connectivity index (χ2v) is 4.19. The second-order valence-electron chi connectivity index (χ2n) is 4.19. The molecule has 1 amide bonds. The van der Waals surface area contributed by atoms with Gasteiger partial charge in [-0.2, -0.15) is 0 Å². The van der Waals surface area contributed by atoms with Crippen LogP contribution in [0.3, 0.4) is 0 Å². The molecule has 1 aliphatic rings. The number of nitrogens with two attached hydrogens (primary N) is 1. The summed E-state index contributed by atoms with van der Waals surface area (Å²) in [5, 5.41) is 0. The van der Waals surface area contributed by atoms with E-state index < -0.39 is 6.04 Å². The fourth-order valence-electron chi connectivity index (χ4n) is 1.97. The van der Waals surface area contributed by atoms with Crippen molar-refractivity contribution in [3.8, 4) is 5.75 Å². The molecule has 18 heavy (non-hydrogen) atoms. The molecule has 5 nitrogen and oxygen atoms in total. The van der Waals surface area contributed by atoms with Gasteiger partial charge in [-0.15, -0.1) is 0 Å². The van der Waals surface area contributed by atoms with Crippen molar-refractivity contribution in [1.29, 1.82) is 0 Å². The first-order valence-corrected chi connectivity index (χ1v) is 6.01. The van der Waals surface area contributed by atoms with Crippen molar-refractivity contribution in [2.24, 2.45) is 5.73 Å². The van der Waals surface area contributed by atoms with Crippen LogP contribution in [0.4, 0.5) is 5.69 Å². The molecule has 0 aliphatic carbocycles. The summed E-state index contributed by atoms with van der Waals surface area (Å²) in [5.74, 6) is 0.652. The lowest BCUT2D eigenvalue weighted by Gasteiger charge is -2.31. The zero-order valence-corrected chi connectivity index (χ0v) is 10.5. The molecule has 1 unspecified atom stereocenters. The minimum Gasteiger partial charge on any atom is -0.490 e. The Morgan fingerprint density at radius 3 is 3.11 bits per heavy atom. The number of carbonyl (C=O) groups is 1. The highest BCUT2D eigenvalue weighted by molar-refractivity contribution is 5.98. The highest BCUT2D eigenvalue weighted by Gasteiger charge is 2.26. The van der Waals surface area contributed by atoms with E-state index in [0.29, 0.717) is 26.2 Å².